The SMILES string of the molecule is Cc1cc(Br)ccc1NC(=O)COC(=O)c1cnn(-c2ccccn2)c1C(C)C. The Kier molecular flexibility index (Phi) is 6.43. The van der Waals surface area contributed by atoms with Gasteiger partial charge in [-0.2, -0.15) is 5.10 Å². The number of carbonyl (C=O) groups is 2. The van der Waals surface area contributed by atoms with Gasteiger partial charge < -0.3 is 10.1 Å². The van der Waals surface area contributed by atoms with E-state index in [2.05, 4.69) is 31.3 Å². The third kappa shape index (κ3) is 4.89. The Morgan fingerprint density at radius 1 is 1.24 bits per heavy atom. The van der Waals surface area contributed by atoms with Crippen LogP contribution in [0.15, 0.2) is 53.3 Å². The van der Waals surface area contributed by atoms with Gasteiger partial charge in [0.15, 0.2) is 12.4 Å². The summed E-state index contributed by atoms with van der Waals surface area (Å²) < 4.78 is 7.77. The zero-order valence-electron chi connectivity index (χ0n) is 16.3. The zero-order chi connectivity index (χ0) is 21.0. The predicted octanol–water partition coefficient (Wildman–Crippen LogP) is 4.26. The van der Waals surface area contributed by atoms with Crippen LogP contribution in [0, 0.1) is 6.92 Å². The summed E-state index contributed by atoms with van der Waals surface area (Å²) in [4.78, 5) is 29.1. The molecule has 3 aromatic rings. The van der Waals surface area contributed by atoms with Crippen molar-refractivity contribution in [3.63, 3.8) is 0 Å². The molecule has 8 heteroatoms. The first-order chi connectivity index (χ1) is 13.9. The highest BCUT2D eigenvalue weighted by Crippen LogP contribution is 2.23. The molecule has 7 nitrogen and oxygen atoms in total. The summed E-state index contributed by atoms with van der Waals surface area (Å²) in [6.45, 7) is 5.40. The van der Waals surface area contributed by atoms with Crippen LogP contribution in [-0.4, -0.2) is 33.2 Å². The molecule has 0 spiro atoms. The quantitative estimate of drug-likeness (QED) is 0.560. The fourth-order valence-electron chi connectivity index (χ4n) is 2.89. The molecule has 3 rings (SSSR count). The number of ether oxygens (including phenoxy) is 1. The van der Waals surface area contributed by atoms with Gasteiger partial charge in [-0.3, -0.25) is 4.79 Å². The maximum absolute atomic E-state index is 12.6. The van der Waals surface area contributed by atoms with Crippen molar-refractivity contribution in [2.45, 2.75) is 26.7 Å². The summed E-state index contributed by atoms with van der Waals surface area (Å²) in [5, 5.41) is 7.04. The normalized spacial score (nSPS) is 10.8. The van der Waals surface area contributed by atoms with Gasteiger partial charge in [0.05, 0.1) is 11.9 Å². The first-order valence-electron chi connectivity index (χ1n) is 9.09. The minimum atomic E-state index is -0.599. The molecule has 0 radical (unpaired) electrons. The number of benzene rings is 1. The van der Waals surface area contributed by atoms with Gasteiger partial charge in [-0.25, -0.2) is 14.5 Å². The molecule has 2 aromatic heterocycles. The lowest BCUT2D eigenvalue weighted by Crippen LogP contribution is -2.22. The lowest BCUT2D eigenvalue weighted by molar-refractivity contribution is -0.119. The molecule has 0 fully saturated rings. The molecule has 1 N–H and O–H groups in total. The highest BCUT2D eigenvalue weighted by atomic mass is 79.9. The third-order valence-corrected chi connectivity index (χ3v) is 4.73. The van der Waals surface area contributed by atoms with Gasteiger partial charge in [-0.05, 0) is 48.7 Å². The number of aromatic nitrogens is 3. The smallest absolute Gasteiger partial charge is 0.342 e. The van der Waals surface area contributed by atoms with Gasteiger partial charge >= 0.3 is 5.97 Å². The molecule has 0 saturated carbocycles. The number of anilines is 1. The fourth-order valence-corrected chi connectivity index (χ4v) is 3.37. The van der Waals surface area contributed by atoms with Crippen LogP contribution in [0.2, 0.25) is 0 Å². The molecule has 0 aliphatic rings. The number of hydrogen-bond donors (Lipinski definition) is 1. The van der Waals surface area contributed by atoms with Crippen LogP contribution in [0.4, 0.5) is 5.69 Å². The first-order valence-corrected chi connectivity index (χ1v) is 9.88. The molecule has 150 valence electrons. The number of amides is 1. The van der Waals surface area contributed by atoms with E-state index in [0.29, 0.717) is 22.8 Å². The van der Waals surface area contributed by atoms with Crippen LogP contribution < -0.4 is 5.32 Å². The van der Waals surface area contributed by atoms with Crippen molar-refractivity contribution in [2.75, 3.05) is 11.9 Å². The van der Waals surface area contributed by atoms with E-state index in [0.717, 1.165) is 10.0 Å². The number of nitrogens with one attached hydrogen (secondary N) is 1. The Balaban J connectivity index is 1.71. The predicted molar refractivity (Wildman–Crippen MR) is 113 cm³/mol. The number of pyridine rings is 1. The average Bonchev–Trinajstić information content (AvgIpc) is 3.14. The minimum Gasteiger partial charge on any atom is -0.452 e. The average molecular weight is 457 g/mol. The maximum atomic E-state index is 12.6. The molecule has 0 aliphatic carbocycles. The van der Waals surface area contributed by atoms with Crippen LogP contribution in [-0.2, 0) is 9.53 Å². The Bertz CT molecular complexity index is 1030. The van der Waals surface area contributed by atoms with Crippen molar-refractivity contribution in [3.05, 3.63) is 70.1 Å². The molecular weight excluding hydrogens is 436 g/mol. The van der Waals surface area contributed by atoms with Crippen LogP contribution in [0.1, 0.15) is 41.4 Å². The van der Waals surface area contributed by atoms with E-state index in [-0.39, 0.29) is 12.5 Å². The van der Waals surface area contributed by atoms with Gasteiger partial charge in [-0.1, -0.05) is 35.8 Å². The van der Waals surface area contributed by atoms with Crippen molar-refractivity contribution >= 4 is 33.5 Å². The van der Waals surface area contributed by atoms with Crippen molar-refractivity contribution in [1.29, 1.82) is 0 Å². The number of carbonyl (C=O) groups excluding carboxylic acids is 2. The first kappa shape index (κ1) is 20.7. The lowest BCUT2D eigenvalue weighted by Gasteiger charge is -2.12. The van der Waals surface area contributed by atoms with E-state index in [1.54, 1.807) is 16.9 Å². The van der Waals surface area contributed by atoms with Crippen molar-refractivity contribution in [3.8, 4) is 5.82 Å². The standard InChI is InChI=1S/C21H21BrN4O3/c1-13(2)20-16(11-24-26(20)18-6-4-5-9-23-18)21(28)29-12-19(27)25-17-8-7-15(22)10-14(17)3/h4-11,13H,12H2,1-3H3,(H,25,27). The summed E-state index contributed by atoms with van der Waals surface area (Å²) in [6.07, 6.45) is 3.11. The lowest BCUT2D eigenvalue weighted by atomic mass is 10.1. The van der Waals surface area contributed by atoms with E-state index in [1.807, 2.05) is 51.1 Å². The maximum Gasteiger partial charge on any atom is 0.342 e. The van der Waals surface area contributed by atoms with E-state index in [9.17, 15) is 9.59 Å². The van der Waals surface area contributed by atoms with E-state index in [1.165, 1.54) is 6.20 Å². The van der Waals surface area contributed by atoms with E-state index < -0.39 is 11.9 Å². The number of nitrogens with zero attached hydrogens (tertiary/aromatic N) is 3. The molecule has 0 saturated heterocycles. The number of halogens is 1. The summed E-state index contributed by atoms with van der Waals surface area (Å²) in [5.74, 6) is -0.398. The van der Waals surface area contributed by atoms with Gasteiger partial charge in [0.1, 0.15) is 5.56 Å². The molecule has 0 unspecified atom stereocenters. The molecule has 2 heterocycles. The highest BCUT2D eigenvalue weighted by molar-refractivity contribution is 9.10. The second-order valence-corrected chi connectivity index (χ2v) is 7.70. The van der Waals surface area contributed by atoms with Crippen LogP contribution >= 0.6 is 15.9 Å². The number of hydrogen-bond acceptors (Lipinski definition) is 5. The summed E-state index contributed by atoms with van der Waals surface area (Å²) >= 11 is 3.38. The Labute approximate surface area is 177 Å². The number of esters is 1. The highest BCUT2D eigenvalue weighted by Gasteiger charge is 2.23. The Morgan fingerprint density at radius 3 is 2.69 bits per heavy atom. The summed E-state index contributed by atoms with van der Waals surface area (Å²) in [7, 11) is 0. The molecule has 0 atom stereocenters. The number of aryl methyl sites for hydroxylation is 1. The molecule has 0 bridgehead atoms. The molecule has 1 amide bonds. The van der Waals surface area contributed by atoms with Gasteiger partial charge in [0.25, 0.3) is 5.91 Å². The van der Waals surface area contributed by atoms with Crippen molar-refractivity contribution in [2.24, 2.45) is 0 Å². The summed E-state index contributed by atoms with van der Waals surface area (Å²) in [6, 6.07) is 11.0. The monoisotopic (exact) mass is 456 g/mol. The van der Waals surface area contributed by atoms with Crippen LogP contribution in [0.5, 0.6) is 0 Å². The van der Waals surface area contributed by atoms with Gasteiger partial charge in [-0.15, -0.1) is 0 Å². The Morgan fingerprint density at radius 2 is 2.03 bits per heavy atom. The third-order valence-electron chi connectivity index (χ3n) is 4.24. The van der Waals surface area contributed by atoms with Gasteiger partial charge in [0.2, 0.25) is 0 Å². The molecular formula is C21H21BrN4O3. The molecule has 1 aromatic carbocycles. The minimum absolute atomic E-state index is 0.00120. The largest absolute Gasteiger partial charge is 0.452 e. The summed E-state index contributed by atoms with van der Waals surface area (Å²) in [5.41, 5.74) is 2.56. The fraction of sp³-hybridized carbons (Fsp3) is 0.238. The van der Waals surface area contributed by atoms with Gasteiger partial charge in [0, 0.05) is 16.4 Å². The second-order valence-electron chi connectivity index (χ2n) is 6.78. The topological polar surface area (TPSA) is 86.1 Å². The molecule has 0 aliphatic heterocycles. The van der Waals surface area contributed by atoms with Crippen molar-refractivity contribution < 1.29 is 14.3 Å². The van der Waals surface area contributed by atoms with E-state index in [4.69, 9.17) is 4.74 Å². The van der Waals surface area contributed by atoms with Crippen molar-refractivity contribution in [1.82, 2.24) is 14.8 Å². The Hall–Kier alpha value is -3.00. The zero-order valence-corrected chi connectivity index (χ0v) is 17.9. The molecule has 29 heavy (non-hydrogen) atoms. The van der Waals surface area contributed by atoms with Crippen LogP contribution in [0.3, 0.4) is 0 Å². The van der Waals surface area contributed by atoms with E-state index >= 15 is 0 Å². The second kappa shape index (κ2) is 9.00. The number of rotatable bonds is 6. The van der Waals surface area contributed by atoms with Crippen LogP contribution in [0.25, 0.3) is 5.82 Å².